The zero-order chi connectivity index (χ0) is 16.1. The fourth-order valence-electron chi connectivity index (χ4n) is 2.00. The highest BCUT2D eigenvalue weighted by molar-refractivity contribution is 9.10. The van der Waals surface area contributed by atoms with Gasteiger partial charge in [0.25, 0.3) is 5.91 Å². The van der Waals surface area contributed by atoms with Gasteiger partial charge >= 0.3 is 0 Å². The summed E-state index contributed by atoms with van der Waals surface area (Å²) in [7, 11) is 0. The molecule has 1 N–H and O–H groups in total. The second kappa shape index (κ2) is 7.07. The van der Waals surface area contributed by atoms with Crippen molar-refractivity contribution in [2.75, 3.05) is 0 Å². The van der Waals surface area contributed by atoms with Crippen molar-refractivity contribution in [2.45, 2.75) is 0 Å². The van der Waals surface area contributed by atoms with Crippen molar-refractivity contribution >= 4 is 28.1 Å². The summed E-state index contributed by atoms with van der Waals surface area (Å²) in [6.07, 6.45) is 1.48. The average molecular weight is 369 g/mol. The topological polar surface area (TPSA) is 54.6 Å². The number of rotatable bonds is 4. The summed E-state index contributed by atoms with van der Waals surface area (Å²) in [5, 5.41) is 3.91. The summed E-state index contributed by atoms with van der Waals surface area (Å²) in [6, 6.07) is 20.4. The Bertz CT molecular complexity index is 824. The van der Waals surface area contributed by atoms with E-state index in [9.17, 15) is 4.79 Å². The Morgan fingerprint density at radius 1 is 1.00 bits per heavy atom. The van der Waals surface area contributed by atoms with Gasteiger partial charge in [-0.2, -0.15) is 5.10 Å². The van der Waals surface area contributed by atoms with Crippen LogP contribution in [0.25, 0.3) is 11.3 Å². The quantitative estimate of drug-likeness (QED) is 0.545. The minimum absolute atomic E-state index is 0.262. The SMILES string of the molecule is O=C(N/N=C/c1ccc(-c2ccc(Br)cc2)o1)c1ccccc1. The maximum absolute atomic E-state index is 11.8. The van der Waals surface area contributed by atoms with Gasteiger partial charge in [0, 0.05) is 15.6 Å². The Kier molecular flexibility index (Phi) is 4.68. The van der Waals surface area contributed by atoms with E-state index < -0.39 is 0 Å². The number of benzene rings is 2. The molecule has 1 aromatic heterocycles. The molecule has 1 amide bonds. The van der Waals surface area contributed by atoms with E-state index in [1.54, 1.807) is 30.3 Å². The number of halogens is 1. The monoisotopic (exact) mass is 368 g/mol. The molecule has 0 unspecified atom stereocenters. The Morgan fingerprint density at radius 3 is 2.48 bits per heavy atom. The predicted molar refractivity (Wildman–Crippen MR) is 93.3 cm³/mol. The van der Waals surface area contributed by atoms with E-state index in [0.717, 1.165) is 15.8 Å². The molecule has 0 spiro atoms. The van der Waals surface area contributed by atoms with Crippen LogP contribution in [0.1, 0.15) is 16.1 Å². The molecule has 0 aliphatic carbocycles. The number of nitrogens with zero attached hydrogens (tertiary/aromatic N) is 1. The van der Waals surface area contributed by atoms with Crippen LogP contribution in [-0.4, -0.2) is 12.1 Å². The van der Waals surface area contributed by atoms with Crippen LogP contribution >= 0.6 is 15.9 Å². The first-order chi connectivity index (χ1) is 11.2. The maximum Gasteiger partial charge on any atom is 0.271 e. The normalized spacial score (nSPS) is 10.8. The van der Waals surface area contributed by atoms with Crippen LogP contribution < -0.4 is 5.43 Å². The highest BCUT2D eigenvalue weighted by atomic mass is 79.9. The molecule has 0 fully saturated rings. The van der Waals surface area contributed by atoms with Gasteiger partial charge in [0.2, 0.25) is 0 Å². The summed E-state index contributed by atoms with van der Waals surface area (Å²) in [5.74, 6) is 1.05. The van der Waals surface area contributed by atoms with Crippen molar-refractivity contribution in [3.05, 3.63) is 82.5 Å². The Morgan fingerprint density at radius 2 is 1.74 bits per heavy atom. The first-order valence-corrected chi connectivity index (χ1v) is 7.76. The number of hydrogen-bond donors (Lipinski definition) is 1. The van der Waals surface area contributed by atoms with Crippen LogP contribution in [0.15, 0.2) is 80.7 Å². The van der Waals surface area contributed by atoms with Gasteiger partial charge in [-0.3, -0.25) is 4.79 Å². The molecule has 23 heavy (non-hydrogen) atoms. The highest BCUT2D eigenvalue weighted by Crippen LogP contribution is 2.23. The zero-order valence-electron chi connectivity index (χ0n) is 12.1. The fraction of sp³-hybridized carbons (Fsp3) is 0. The minimum atomic E-state index is -0.262. The fourth-order valence-corrected chi connectivity index (χ4v) is 2.26. The maximum atomic E-state index is 11.8. The van der Waals surface area contributed by atoms with Crippen LogP contribution in [-0.2, 0) is 0 Å². The van der Waals surface area contributed by atoms with E-state index in [1.165, 1.54) is 6.21 Å². The van der Waals surface area contributed by atoms with Crippen LogP contribution in [0.5, 0.6) is 0 Å². The molecule has 0 saturated heterocycles. The Labute approximate surface area is 142 Å². The van der Waals surface area contributed by atoms with Crippen molar-refractivity contribution in [1.82, 2.24) is 5.43 Å². The first kappa shape index (κ1) is 15.2. The lowest BCUT2D eigenvalue weighted by Crippen LogP contribution is -2.17. The smallest absolute Gasteiger partial charge is 0.271 e. The number of carbonyl (C=O) groups is 1. The lowest BCUT2D eigenvalue weighted by atomic mass is 10.2. The summed E-state index contributed by atoms with van der Waals surface area (Å²) in [6.45, 7) is 0. The van der Waals surface area contributed by atoms with Gasteiger partial charge in [0.05, 0.1) is 6.21 Å². The standard InChI is InChI=1S/C18H13BrN2O2/c19-15-8-6-13(7-9-15)17-11-10-16(23-17)12-20-21-18(22)14-4-2-1-3-5-14/h1-12H,(H,21,22)/b20-12+. The molecule has 0 aliphatic rings. The molecule has 3 aromatic rings. The van der Waals surface area contributed by atoms with Crippen LogP contribution in [0.2, 0.25) is 0 Å². The number of nitrogens with one attached hydrogen (secondary N) is 1. The molecule has 0 atom stereocenters. The molecule has 114 valence electrons. The van der Waals surface area contributed by atoms with Crippen LogP contribution in [0, 0.1) is 0 Å². The summed E-state index contributed by atoms with van der Waals surface area (Å²) in [5.41, 5.74) is 4.00. The molecular formula is C18H13BrN2O2. The van der Waals surface area contributed by atoms with E-state index in [2.05, 4.69) is 26.5 Å². The third-order valence-corrected chi connectivity index (χ3v) is 3.68. The second-order valence-electron chi connectivity index (χ2n) is 4.77. The van der Waals surface area contributed by atoms with Gasteiger partial charge in [-0.15, -0.1) is 0 Å². The van der Waals surface area contributed by atoms with Crippen molar-refractivity contribution in [3.63, 3.8) is 0 Å². The van der Waals surface area contributed by atoms with Crippen LogP contribution in [0.3, 0.4) is 0 Å². The Hall–Kier alpha value is -2.66. The molecule has 3 rings (SSSR count). The predicted octanol–water partition coefficient (Wildman–Crippen LogP) is 4.47. The van der Waals surface area contributed by atoms with E-state index in [1.807, 2.05) is 36.4 Å². The second-order valence-corrected chi connectivity index (χ2v) is 5.69. The molecule has 1 heterocycles. The number of carbonyl (C=O) groups excluding carboxylic acids is 1. The van der Waals surface area contributed by atoms with E-state index in [0.29, 0.717) is 11.3 Å². The largest absolute Gasteiger partial charge is 0.455 e. The van der Waals surface area contributed by atoms with Crippen molar-refractivity contribution in [3.8, 4) is 11.3 Å². The number of amides is 1. The van der Waals surface area contributed by atoms with Gasteiger partial charge in [0.15, 0.2) is 0 Å². The van der Waals surface area contributed by atoms with Crippen molar-refractivity contribution in [2.24, 2.45) is 5.10 Å². The third-order valence-electron chi connectivity index (χ3n) is 3.15. The lowest BCUT2D eigenvalue weighted by Gasteiger charge is -1.98. The number of furan rings is 1. The molecule has 0 radical (unpaired) electrons. The number of hydrogen-bond acceptors (Lipinski definition) is 3. The lowest BCUT2D eigenvalue weighted by molar-refractivity contribution is 0.0955. The molecule has 0 aliphatic heterocycles. The van der Waals surface area contributed by atoms with Crippen LogP contribution in [0.4, 0.5) is 0 Å². The van der Waals surface area contributed by atoms with Gasteiger partial charge in [-0.05, 0) is 36.4 Å². The first-order valence-electron chi connectivity index (χ1n) is 6.96. The molecular weight excluding hydrogens is 356 g/mol. The third kappa shape index (κ3) is 3.96. The summed E-state index contributed by atoms with van der Waals surface area (Å²) < 4.78 is 6.69. The minimum Gasteiger partial charge on any atom is -0.455 e. The molecule has 5 heteroatoms. The Balaban J connectivity index is 1.65. The zero-order valence-corrected chi connectivity index (χ0v) is 13.7. The highest BCUT2D eigenvalue weighted by Gasteiger charge is 2.04. The molecule has 4 nitrogen and oxygen atoms in total. The van der Waals surface area contributed by atoms with Gasteiger partial charge in [-0.1, -0.05) is 46.3 Å². The molecule has 0 bridgehead atoms. The molecule has 2 aromatic carbocycles. The summed E-state index contributed by atoms with van der Waals surface area (Å²) >= 11 is 3.40. The van der Waals surface area contributed by atoms with Crippen molar-refractivity contribution in [1.29, 1.82) is 0 Å². The van der Waals surface area contributed by atoms with Gasteiger partial charge in [-0.25, -0.2) is 5.43 Å². The van der Waals surface area contributed by atoms with E-state index >= 15 is 0 Å². The van der Waals surface area contributed by atoms with E-state index in [-0.39, 0.29) is 5.91 Å². The average Bonchev–Trinajstić information content (AvgIpc) is 3.05. The molecule has 0 saturated carbocycles. The van der Waals surface area contributed by atoms with Crippen molar-refractivity contribution < 1.29 is 9.21 Å². The number of hydrazone groups is 1. The van der Waals surface area contributed by atoms with E-state index in [4.69, 9.17) is 4.42 Å². The van der Waals surface area contributed by atoms with Gasteiger partial charge < -0.3 is 4.42 Å². The summed E-state index contributed by atoms with van der Waals surface area (Å²) in [4.78, 5) is 11.8. The van der Waals surface area contributed by atoms with Gasteiger partial charge in [0.1, 0.15) is 11.5 Å².